The number of halogens is 1. The summed E-state index contributed by atoms with van der Waals surface area (Å²) in [5.41, 5.74) is 2.60. The quantitative estimate of drug-likeness (QED) is 0.271. The van der Waals surface area contributed by atoms with Crippen LogP contribution in [0.3, 0.4) is 0 Å². The minimum atomic E-state index is -0.487. The molecule has 4 aromatic rings. The molecule has 0 spiro atoms. The molecule has 1 saturated carbocycles. The molecule has 1 fully saturated rings. The number of benzene rings is 2. The van der Waals surface area contributed by atoms with Crippen LogP contribution in [-0.4, -0.2) is 28.1 Å². The topological polar surface area (TPSA) is 83.7 Å². The van der Waals surface area contributed by atoms with Crippen molar-refractivity contribution in [1.29, 1.82) is 5.41 Å². The lowest BCUT2D eigenvalue weighted by molar-refractivity contribution is 0.614. The maximum atomic E-state index is 14.8. The van der Waals surface area contributed by atoms with Crippen LogP contribution in [0.15, 0.2) is 59.7 Å². The van der Waals surface area contributed by atoms with Crippen LogP contribution in [0.1, 0.15) is 29.7 Å². The van der Waals surface area contributed by atoms with E-state index in [2.05, 4.69) is 27.1 Å². The molecule has 2 aromatic heterocycles. The van der Waals surface area contributed by atoms with Crippen molar-refractivity contribution in [2.75, 3.05) is 5.32 Å². The molecule has 0 radical (unpaired) electrons. The third-order valence-corrected chi connectivity index (χ3v) is 6.13. The van der Waals surface area contributed by atoms with Gasteiger partial charge in [-0.1, -0.05) is 36.3 Å². The Hall–Kier alpha value is -4.25. The predicted molar refractivity (Wildman–Crippen MR) is 139 cm³/mol. The highest BCUT2D eigenvalue weighted by Gasteiger charge is 2.20. The molecule has 172 valence electrons. The molecular weight excluding hydrogens is 440 g/mol. The van der Waals surface area contributed by atoms with Crippen molar-refractivity contribution in [2.24, 2.45) is 5.92 Å². The average Bonchev–Trinajstić information content (AvgIpc) is 3.67. The van der Waals surface area contributed by atoms with E-state index >= 15 is 0 Å². The van der Waals surface area contributed by atoms with Gasteiger partial charge >= 0.3 is 0 Å². The Morgan fingerprint density at radius 1 is 1.23 bits per heavy atom. The van der Waals surface area contributed by atoms with Crippen molar-refractivity contribution in [2.45, 2.75) is 26.3 Å². The fraction of sp³-hybridized carbons (Fsp3) is 0.185. The summed E-state index contributed by atoms with van der Waals surface area (Å²) in [5, 5.41) is 13.1. The molecule has 2 heterocycles. The van der Waals surface area contributed by atoms with Crippen LogP contribution >= 0.6 is 0 Å². The molecule has 0 aliphatic heterocycles. The SMILES string of the molecule is Bc1ncnc(NCc2cc3cccc(C)c3c(=O)n2-c2ccccc2F)c1C(=N)C#CC1CC1. The zero-order valence-corrected chi connectivity index (χ0v) is 19.5. The summed E-state index contributed by atoms with van der Waals surface area (Å²) in [6, 6.07) is 13.8. The largest absolute Gasteiger partial charge is 0.364 e. The summed E-state index contributed by atoms with van der Waals surface area (Å²) in [4.78, 5) is 22.2. The minimum absolute atomic E-state index is 0.151. The van der Waals surface area contributed by atoms with Crippen LogP contribution in [0.4, 0.5) is 10.2 Å². The van der Waals surface area contributed by atoms with Gasteiger partial charge in [0.15, 0.2) is 7.85 Å². The van der Waals surface area contributed by atoms with Gasteiger partial charge in [0, 0.05) is 17.2 Å². The molecule has 2 aromatic carbocycles. The second-order valence-electron chi connectivity index (χ2n) is 8.72. The molecule has 8 heteroatoms. The van der Waals surface area contributed by atoms with Crippen LogP contribution in [0, 0.1) is 35.9 Å². The first-order chi connectivity index (χ1) is 16.9. The molecule has 1 aliphatic carbocycles. The standard InChI is InChI=1S/C27H23BFN5O/c1-16-5-4-6-18-13-19(34(27(35)23(16)18)22-8-3-2-7-20(22)29)14-31-26-24(25(28)32-15-33-26)21(30)12-11-17-9-10-17/h2-8,13,15,17,30H,9-10,14,28H2,1H3,(H,31,32,33). The average molecular weight is 463 g/mol. The molecule has 35 heavy (non-hydrogen) atoms. The fourth-order valence-corrected chi connectivity index (χ4v) is 4.16. The van der Waals surface area contributed by atoms with Crippen molar-refractivity contribution < 1.29 is 4.39 Å². The Labute approximate surface area is 203 Å². The van der Waals surface area contributed by atoms with Crippen LogP contribution in [-0.2, 0) is 6.54 Å². The van der Waals surface area contributed by atoms with Gasteiger partial charge in [0.05, 0.1) is 23.2 Å². The summed E-state index contributed by atoms with van der Waals surface area (Å²) in [5.74, 6) is 6.37. The Kier molecular flexibility index (Phi) is 5.92. The van der Waals surface area contributed by atoms with Gasteiger partial charge in [0.25, 0.3) is 5.56 Å². The first-order valence-corrected chi connectivity index (χ1v) is 11.5. The van der Waals surface area contributed by atoms with E-state index in [-0.39, 0.29) is 23.5 Å². The zero-order chi connectivity index (χ0) is 24.5. The van der Waals surface area contributed by atoms with E-state index in [1.807, 2.05) is 39.0 Å². The lowest BCUT2D eigenvalue weighted by Gasteiger charge is -2.18. The molecule has 5 rings (SSSR count). The summed E-state index contributed by atoms with van der Waals surface area (Å²) >= 11 is 0. The van der Waals surface area contributed by atoms with E-state index in [9.17, 15) is 9.18 Å². The monoisotopic (exact) mass is 463 g/mol. The number of nitrogens with one attached hydrogen (secondary N) is 2. The van der Waals surface area contributed by atoms with E-state index in [1.54, 1.807) is 18.2 Å². The number of pyridine rings is 1. The maximum Gasteiger partial charge on any atom is 0.263 e. The van der Waals surface area contributed by atoms with Crippen molar-refractivity contribution >= 4 is 35.7 Å². The fourth-order valence-electron chi connectivity index (χ4n) is 4.16. The number of aromatic nitrogens is 3. The molecule has 0 unspecified atom stereocenters. The van der Waals surface area contributed by atoms with Gasteiger partial charge in [-0.15, -0.1) is 0 Å². The summed E-state index contributed by atoms with van der Waals surface area (Å²) in [6.07, 6.45) is 3.58. The van der Waals surface area contributed by atoms with E-state index in [4.69, 9.17) is 5.41 Å². The van der Waals surface area contributed by atoms with E-state index in [1.165, 1.54) is 17.0 Å². The lowest BCUT2D eigenvalue weighted by Crippen LogP contribution is -2.26. The van der Waals surface area contributed by atoms with E-state index in [0.29, 0.717) is 34.0 Å². The highest BCUT2D eigenvalue weighted by atomic mass is 19.1. The highest BCUT2D eigenvalue weighted by molar-refractivity contribution is 6.37. The molecule has 0 bridgehead atoms. The number of hydrogen-bond donors (Lipinski definition) is 2. The first kappa shape index (κ1) is 22.5. The number of anilines is 1. The number of aryl methyl sites for hydroxylation is 1. The van der Waals surface area contributed by atoms with Crippen molar-refractivity contribution in [3.63, 3.8) is 0 Å². The van der Waals surface area contributed by atoms with Gasteiger partial charge in [-0.3, -0.25) is 19.8 Å². The van der Waals surface area contributed by atoms with E-state index < -0.39 is 5.82 Å². The Morgan fingerprint density at radius 2 is 2.03 bits per heavy atom. The number of para-hydroxylation sites is 1. The van der Waals surface area contributed by atoms with Crippen molar-refractivity contribution in [3.8, 4) is 17.5 Å². The lowest BCUT2D eigenvalue weighted by atomic mass is 9.95. The second kappa shape index (κ2) is 9.19. The van der Waals surface area contributed by atoms with Gasteiger partial charge < -0.3 is 5.32 Å². The molecule has 0 saturated heterocycles. The molecule has 1 aliphatic rings. The molecular formula is C27H23BFN5O. The number of fused-ring (bicyclic) bond motifs is 1. The van der Waals surface area contributed by atoms with Gasteiger partial charge in [-0.25, -0.2) is 9.37 Å². The van der Waals surface area contributed by atoms with Gasteiger partial charge in [-0.05, 0) is 54.8 Å². The normalized spacial score (nSPS) is 12.7. The summed E-state index contributed by atoms with van der Waals surface area (Å²) in [7, 11) is 1.81. The van der Waals surface area contributed by atoms with Crippen LogP contribution in [0.5, 0.6) is 0 Å². The smallest absolute Gasteiger partial charge is 0.263 e. The highest BCUT2D eigenvalue weighted by Crippen LogP contribution is 2.27. The predicted octanol–water partition coefficient (Wildman–Crippen LogP) is 2.88. The number of rotatable bonds is 5. The first-order valence-electron chi connectivity index (χ1n) is 11.5. The summed E-state index contributed by atoms with van der Waals surface area (Å²) in [6.45, 7) is 2.05. The summed E-state index contributed by atoms with van der Waals surface area (Å²) < 4.78 is 16.2. The molecule has 0 amide bonds. The zero-order valence-electron chi connectivity index (χ0n) is 19.5. The van der Waals surface area contributed by atoms with Crippen LogP contribution in [0.25, 0.3) is 16.5 Å². The van der Waals surface area contributed by atoms with Crippen molar-refractivity contribution in [3.05, 3.63) is 87.9 Å². The van der Waals surface area contributed by atoms with Gasteiger partial charge in [0.1, 0.15) is 23.7 Å². The third-order valence-electron chi connectivity index (χ3n) is 6.13. The van der Waals surface area contributed by atoms with Gasteiger partial charge in [0.2, 0.25) is 0 Å². The van der Waals surface area contributed by atoms with E-state index in [0.717, 1.165) is 23.8 Å². The van der Waals surface area contributed by atoms with Crippen LogP contribution < -0.4 is 16.5 Å². The Bertz CT molecular complexity index is 1600. The third kappa shape index (κ3) is 4.45. The van der Waals surface area contributed by atoms with Gasteiger partial charge in [-0.2, -0.15) is 0 Å². The van der Waals surface area contributed by atoms with Crippen LogP contribution in [0.2, 0.25) is 0 Å². The molecule has 6 nitrogen and oxygen atoms in total. The number of nitrogens with zero attached hydrogens (tertiary/aromatic N) is 3. The Balaban J connectivity index is 1.59. The maximum absolute atomic E-state index is 14.8. The van der Waals surface area contributed by atoms with Crippen molar-refractivity contribution in [1.82, 2.24) is 14.5 Å². The number of hydrogen-bond acceptors (Lipinski definition) is 5. The molecule has 0 atom stereocenters. The minimum Gasteiger partial charge on any atom is -0.364 e. The second-order valence-corrected chi connectivity index (χ2v) is 8.72. The molecule has 2 N–H and O–H groups in total. The Morgan fingerprint density at radius 3 is 2.80 bits per heavy atom.